The molecular formula is C14H11NO5. The molecule has 2 aromatic rings. The molecule has 0 atom stereocenters. The molecule has 0 aromatic heterocycles. The SMILES string of the molecule is Cc1ccc(-c2cc(OC(=O)O)cc([N+](=O)[O-])c2)cc1. The van der Waals surface area contributed by atoms with Crippen molar-refractivity contribution in [3.8, 4) is 16.9 Å². The quantitative estimate of drug-likeness (QED) is 0.399. The molecule has 0 spiro atoms. The van der Waals surface area contributed by atoms with Crippen molar-refractivity contribution in [1.82, 2.24) is 0 Å². The highest BCUT2D eigenvalue weighted by Crippen LogP contribution is 2.30. The molecule has 1 N–H and O–H groups in total. The van der Waals surface area contributed by atoms with Gasteiger partial charge in [0.15, 0.2) is 0 Å². The molecule has 0 aliphatic rings. The topological polar surface area (TPSA) is 89.7 Å². The Morgan fingerprint density at radius 3 is 2.35 bits per heavy atom. The third-order valence-electron chi connectivity index (χ3n) is 2.69. The van der Waals surface area contributed by atoms with Crippen molar-refractivity contribution in [3.05, 3.63) is 58.1 Å². The van der Waals surface area contributed by atoms with Crippen molar-refractivity contribution in [2.24, 2.45) is 0 Å². The van der Waals surface area contributed by atoms with Crippen molar-refractivity contribution < 1.29 is 19.6 Å². The highest BCUT2D eigenvalue weighted by molar-refractivity contribution is 5.70. The fourth-order valence-corrected chi connectivity index (χ4v) is 1.76. The highest BCUT2D eigenvalue weighted by Gasteiger charge is 2.13. The minimum Gasteiger partial charge on any atom is -0.449 e. The normalized spacial score (nSPS) is 10.1. The molecule has 0 saturated heterocycles. The molecule has 0 radical (unpaired) electrons. The number of aryl methyl sites for hydroxylation is 1. The van der Waals surface area contributed by atoms with Crippen LogP contribution < -0.4 is 4.74 Å². The van der Waals surface area contributed by atoms with Crippen molar-refractivity contribution in [1.29, 1.82) is 0 Å². The number of carbonyl (C=O) groups is 1. The van der Waals surface area contributed by atoms with Gasteiger partial charge in [0.25, 0.3) is 5.69 Å². The lowest BCUT2D eigenvalue weighted by molar-refractivity contribution is -0.384. The van der Waals surface area contributed by atoms with E-state index in [4.69, 9.17) is 5.11 Å². The molecular weight excluding hydrogens is 262 g/mol. The summed E-state index contributed by atoms with van der Waals surface area (Å²) in [7, 11) is 0. The number of nitrogens with zero attached hydrogens (tertiary/aromatic N) is 1. The van der Waals surface area contributed by atoms with Gasteiger partial charge in [-0.1, -0.05) is 29.8 Å². The summed E-state index contributed by atoms with van der Waals surface area (Å²) in [6, 6.07) is 11.2. The molecule has 20 heavy (non-hydrogen) atoms. The van der Waals surface area contributed by atoms with E-state index >= 15 is 0 Å². The van der Waals surface area contributed by atoms with Crippen molar-refractivity contribution >= 4 is 11.8 Å². The van der Waals surface area contributed by atoms with Crippen molar-refractivity contribution in [3.63, 3.8) is 0 Å². The first-order chi connectivity index (χ1) is 9.45. The third kappa shape index (κ3) is 3.11. The zero-order valence-corrected chi connectivity index (χ0v) is 10.6. The number of hydrogen-bond acceptors (Lipinski definition) is 4. The molecule has 2 aromatic carbocycles. The van der Waals surface area contributed by atoms with E-state index in [1.807, 2.05) is 19.1 Å². The van der Waals surface area contributed by atoms with Crippen LogP contribution in [0.5, 0.6) is 5.75 Å². The maximum absolute atomic E-state index is 10.9. The monoisotopic (exact) mass is 273 g/mol. The van der Waals surface area contributed by atoms with Crippen LogP contribution in [0.25, 0.3) is 11.1 Å². The minimum absolute atomic E-state index is 0.0812. The van der Waals surface area contributed by atoms with Gasteiger partial charge in [0.1, 0.15) is 5.75 Å². The zero-order chi connectivity index (χ0) is 14.7. The van der Waals surface area contributed by atoms with Gasteiger partial charge in [0.2, 0.25) is 0 Å². The van der Waals surface area contributed by atoms with Gasteiger partial charge in [-0.05, 0) is 24.1 Å². The summed E-state index contributed by atoms with van der Waals surface area (Å²) in [6.45, 7) is 1.93. The fourth-order valence-electron chi connectivity index (χ4n) is 1.76. The number of nitro benzene ring substituents is 1. The first-order valence-electron chi connectivity index (χ1n) is 5.73. The van der Waals surface area contributed by atoms with E-state index in [-0.39, 0.29) is 11.4 Å². The van der Waals surface area contributed by atoms with Crippen molar-refractivity contribution in [2.45, 2.75) is 6.92 Å². The summed E-state index contributed by atoms with van der Waals surface area (Å²) in [5, 5.41) is 19.5. The van der Waals surface area contributed by atoms with Crippen LogP contribution in [0.15, 0.2) is 42.5 Å². The van der Waals surface area contributed by atoms with Crippen LogP contribution >= 0.6 is 0 Å². The number of ether oxygens (including phenoxy) is 1. The van der Waals surface area contributed by atoms with Crippen LogP contribution in [0.4, 0.5) is 10.5 Å². The molecule has 0 fully saturated rings. The summed E-state index contributed by atoms with van der Waals surface area (Å²) in [5.74, 6) is -0.0812. The molecule has 0 aliphatic heterocycles. The second-order valence-electron chi connectivity index (χ2n) is 4.21. The first kappa shape index (κ1) is 13.5. The number of carboxylic acid groups (broad SMARTS) is 1. The minimum atomic E-state index is -1.51. The Morgan fingerprint density at radius 2 is 1.80 bits per heavy atom. The molecule has 2 rings (SSSR count). The standard InChI is InChI=1S/C14H11NO5/c1-9-2-4-10(5-3-9)11-6-12(15(18)19)8-13(7-11)20-14(16)17/h2-8H,1H3,(H,16,17). The molecule has 0 unspecified atom stereocenters. The van der Waals surface area contributed by atoms with Gasteiger partial charge >= 0.3 is 6.16 Å². The van der Waals surface area contributed by atoms with Gasteiger partial charge in [0.05, 0.1) is 11.0 Å². The Kier molecular flexibility index (Phi) is 3.65. The molecule has 6 nitrogen and oxygen atoms in total. The smallest absolute Gasteiger partial charge is 0.449 e. The molecule has 6 heteroatoms. The number of non-ortho nitro benzene ring substituents is 1. The molecule has 0 heterocycles. The van der Waals surface area contributed by atoms with Gasteiger partial charge < -0.3 is 9.84 Å². The van der Waals surface area contributed by atoms with E-state index in [0.717, 1.165) is 17.2 Å². The maximum atomic E-state index is 10.9. The lowest BCUT2D eigenvalue weighted by Gasteiger charge is -2.06. The lowest BCUT2D eigenvalue weighted by atomic mass is 10.0. The van der Waals surface area contributed by atoms with Crippen molar-refractivity contribution in [2.75, 3.05) is 0 Å². The van der Waals surface area contributed by atoms with E-state index in [1.54, 1.807) is 12.1 Å². The highest BCUT2D eigenvalue weighted by atomic mass is 16.7. The van der Waals surface area contributed by atoms with E-state index in [1.165, 1.54) is 12.1 Å². The largest absolute Gasteiger partial charge is 0.511 e. The number of nitro groups is 1. The van der Waals surface area contributed by atoms with Crippen LogP contribution in [0, 0.1) is 17.0 Å². The Bertz CT molecular complexity index is 664. The Hall–Kier alpha value is -2.89. The van der Waals surface area contributed by atoms with E-state index < -0.39 is 11.1 Å². The van der Waals surface area contributed by atoms with Crippen LogP contribution in [0.2, 0.25) is 0 Å². The first-order valence-corrected chi connectivity index (χ1v) is 5.73. The number of hydrogen-bond donors (Lipinski definition) is 1. The van der Waals surface area contributed by atoms with E-state index in [2.05, 4.69) is 4.74 Å². The Balaban J connectivity index is 2.51. The summed E-state index contributed by atoms with van der Waals surface area (Å²) in [6.07, 6.45) is -1.51. The second kappa shape index (κ2) is 5.40. The summed E-state index contributed by atoms with van der Waals surface area (Å²) in [4.78, 5) is 20.8. The Morgan fingerprint density at radius 1 is 1.15 bits per heavy atom. The van der Waals surface area contributed by atoms with E-state index in [0.29, 0.717) is 5.56 Å². The molecule has 0 saturated carbocycles. The average Bonchev–Trinajstić information content (AvgIpc) is 2.38. The van der Waals surface area contributed by atoms with Gasteiger partial charge in [-0.2, -0.15) is 0 Å². The number of benzene rings is 2. The molecule has 102 valence electrons. The maximum Gasteiger partial charge on any atom is 0.511 e. The Labute approximate surface area is 114 Å². The predicted molar refractivity (Wildman–Crippen MR) is 71.9 cm³/mol. The fraction of sp³-hybridized carbons (Fsp3) is 0.0714. The van der Waals surface area contributed by atoms with Crippen LogP contribution in [0.3, 0.4) is 0 Å². The molecule has 0 amide bonds. The predicted octanol–water partition coefficient (Wildman–Crippen LogP) is 3.63. The van der Waals surface area contributed by atoms with Gasteiger partial charge in [0, 0.05) is 6.07 Å². The third-order valence-corrected chi connectivity index (χ3v) is 2.69. The van der Waals surface area contributed by atoms with Gasteiger partial charge in [-0.15, -0.1) is 0 Å². The molecule has 0 bridgehead atoms. The average molecular weight is 273 g/mol. The summed E-state index contributed by atoms with van der Waals surface area (Å²) in [5.41, 5.74) is 2.10. The molecule has 0 aliphatic carbocycles. The van der Waals surface area contributed by atoms with Gasteiger partial charge in [-0.3, -0.25) is 10.1 Å². The van der Waals surface area contributed by atoms with E-state index in [9.17, 15) is 14.9 Å². The second-order valence-corrected chi connectivity index (χ2v) is 4.21. The summed E-state index contributed by atoms with van der Waals surface area (Å²) < 4.78 is 4.50. The summed E-state index contributed by atoms with van der Waals surface area (Å²) >= 11 is 0. The van der Waals surface area contributed by atoms with Crippen LogP contribution in [0.1, 0.15) is 5.56 Å². The van der Waals surface area contributed by atoms with Gasteiger partial charge in [-0.25, -0.2) is 4.79 Å². The van der Waals surface area contributed by atoms with Crippen LogP contribution in [-0.4, -0.2) is 16.2 Å². The lowest BCUT2D eigenvalue weighted by Crippen LogP contribution is -2.03. The zero-order valence-electron chi connectivity index (χ0n) is 10.6. The van der Waals surface area contributed by atoms with Crippen LogP contribution in [-0.2, 0) is 0 Å². The number of rotatable bonds is 3.